The van der Waals surface area contributed by atoms with Crippen LogP contribution in [-0.4, -0.2) is 21.2 Å². The molecule has 1 aliphatic rings. The van der Waals surface area contributed by atoms with E-state index in [1.807, 2.05) is 79.6 Å². The molecule has 4 aromatic rings. The highest BCUT2D eigenvalue weighted by Gasteiger charge is 2.33. The summed E-state index contributed by atoms with van der Waals surface area (Å²) in [5.41, 5.74) is 3.55. The molecular formula is C26H22F3N5O. The molecule has 1 atom stereocenters. The topological polar surface area (TPSA) is 59.5 Å². The Morgan fingerprint density at radius 3 is 2.51 bits per heavy atom. The molecule has 0 fully saturated rings. The van der Waals surface area contributed by atoms with Crippen molar-refractivity contribution >= 4 is 12.0 Å². The summed E-state index contributed by atoms with van der Waals surface area (Å²) in [6.07, 6.45) is 1.87. The van der Waals surface area contributed by atoms with Crippen molar-refractivity contribution in [3.8, 4) is 11.1 Å². The quantitative estimate of drug-likeness (QED) is 0.337. The second kappa shape index (κ2) is 8.90. The Kier molecular flexibility index (Phi) is 5.76. The van der Waals surface area contributed by atoms with Gasteiger partial charge >= 0.3 is 6.18 Å². The van der Waals surface area contributed by atoms with E-state index in [2.05, 4.69) is 15.2 Å². The van der Waals surface area contributed by atoms with Crippen molar-refractivity contribution in [2.24, 2.45) is 4.99 Å². The Balaban J connectivity index is 1.56. The summed E-state index contributed by atoms with van der Waals surface area (Å²) in [6.45, 7) is 3.95. The maximum Gasteiger partial charge on any atom is 0.435 e. The fraction of sp³-hybridized carbons (Fsp3) is 0.192. The lowest BCUT2D eigenvalue weighted by atomic mass is 9.96. The number of anilines is 1. The summed E-state index contributed by atoms with van der Waals surface area (Å²) in [4.78, 5) is 6.58. The van der Waals surface area contributed by atoms with Crippen molar-refractivity contribution in [1.29, 1.82) is 0 Å². The van der Waals surface area contributed by atoms with Crippen molar-refractivity contribution in [2.75, 3.05) is 4.90 Å². The van der Waals surface area contributed by atoms with Crippen molar-refractivity contribution in [3.63, 3.8) is 0 Å². The molecule has 3 heterocycles. The molecule has 0 amide bonds. The first-order valence-electron chi connectivity index (χ1n) is 11.0. The molecule has 0 aliphatic carbocycles. The van der Waals surface area contributed by atoms with Gasteiger partial charge in [0.1, 0.15) is 5.76 Å². The number of aromatic nitrogens is 3. The third-order valence-corrected chi connectivity index (χ3v) is 5.98. The molecule has 2 aromatic heterocycles. The molecule has 0 N–H and O–H groups in total. The van der Waals surface area contributed by atoms with E-state index in [1.54, 1.807) is 6.21 Å². The van der Waals surface area contributed by atoms with Crippen LogP contribution >= 0.6 is 0 Å². The molecular weight excluding hydrogens is 455 g/mol. The number of nitrogens with zero attached hydrogens (tertiary/aromatic N) is 5. The Morgan fingerprint density at radius 1 is 1.03 bits per heavy atom. The molecule has 0 bridgehead atoms. The normalized spacial score (nSPS) is 15.7. The highest BCUT2D eigenvalue weighted by Crippen LogP contribution is 2.35. The largest absolute Gasteiger partial charge is 0.435 e. The molecule has 9 heteroatoms. The van der Waals surface area contributed by atoms with Crippen LogP contribution in [0.2, 0.25) is 0 Å². The number of rotatable bonds is 5. The Labute approximate surface area is 200 Å². The molecule has 6 nitrogen and oxygen atoms in total. The zero-order chi connectivity index (χ0) is 24.6. The van der Waals surface area contributed by atoms with Gasteiger partial charge in [-0.3, -0.25) is 9.67 Å². The van der Waals surface area contributed by atoms with Gasteiger partial charge in [0.2, 0.25) is 0 Å². The van der Waals surface area contributed by atoms with Gasteiger partial charge in [-0.05, 0) is 54.3 Å². The van der Waals surface area contributed by atoms with Gasteiger partial charge in [0.15, 0.2) is 17.7 Å². The number of halogens is 3. The Bertz CT molecular complexity index is 1400. The van der Waals surface area contributed by atoms with Gasteiger partial charge in [0.25, 0.3) is 0 Å². The van der Waals surface area contributed by atoms with Crippen LogP contribution in [-0.2, 0) is 12.7 Å². The molecule has 178 valence electrons. The first-order valence-corrected chi connectivity index (χ1v) is 11.0. The molecule has 1 aliphatic heterocycles. The number of alkyl halides is 3. The van der Waals surface area contributed by atoms with Crippen molar-refractivity contribution < 1.29 is 17.7 Å². The van der Waals surface area contributed by atoms with Crippen molar-refractivity contribution in [3.05, 3.63) is 101 Å². The summed E-state index contributed by atoms with van der Waals surface area (Å²) < 4.78 is 46.0. The first kappa shape index (κ1) is 22.6. The zero-order valence-corrected chi connectivity index (χ0v) is 19.1. The van der Waals surface area contributed by atoms with E-state index < -0.39 is 18.0 Å². The maximum absolute atomic E-state index is 13.1. The fourth-order valence-electron chi connectivity index (χ4n) is 4.08. The van der Waals surface area contributed by atoms with Gasteiger partial charge in [0.05, 0.1) is 6.54 Å². The van der Waals surface area contributed by atoms with Crippen molar-refractivity contribution in [1.82, 2.24) is 14.9 Å². The average Bonchev–Trinajstić information content (AvgIpc) is 3.46. The van der Waals surface area contributed by atoms with Crippen LogP contribution in [0.1, 0.15) is 34.3 Å². The lowest BCUT2D eigenvalue weighted by molar-refractivity contribution is -0.141. The van der Waals surface area contributed by atoms with Gasteiger partial charge in [-0.1, -0.05) is 47.6 Å². The van der Waals surface area contributed by atoms with Gasteiger partial charge in [-0.2, -0.15) is 18.3 Å². The summed E-state index contributed by atoms with van der Waals surface area (Å²) in [7, 11) is 0. The highest BCUT2D eigenvalue weighted by atomic mass is 19.4. The number of benzene rings is 2. The SMILES string of the molecule is Cc1onc(N2C=CC=NC2c2ccc(-c3ccccc3)c(Cn3ccc(C(F)(F)F)n3)c2)c1C. The Hall–Kier alpha value is -4.14. The predicted molar refractivity (Wildman–Crippen MR) is 127 cm³/mol. The molecule has 1 unspecified atom stereocenters. The minimum absolute atomic E-state index is 0.169. The summed E-state index contributed by atoms with van der Waals surface area (Å²) in [5.74, 6) is 1.39. The van der Waals surface area contributed by atoms with Crippen LogP contribution in [0, 0.1) is 13.8 Å². The second-order valence-corrected chi connectivity index (χ2v) is 8.29. The minimum atomic E-state index is -4.49. The Morgan fingerprint density at radius 2 is 1.83 bits per heavy atom. The number of hydrogen-bond donors (Lipinski definition) is 0. The number of hydrogen-bond acceptors (Lipinski definition) is 5. The molecule has 2 aromatic carbocycles. The van der Waals surface area contributed by atoms with Gasteiger partial charge in [-0.15, -0.1) is 0 Å². The lowest BCUT2D eigenvalue weighted by Gasteiger charge is -2.28. The molecule has 5 rings (SSSR count). The third-order valence-electron chi connectivity index (χ3n) is 5.98. The van der Waals surface area contributed by atoms with Gasteiger partial charge in [0, 0.05) is 24.2 Å². The van der Waals surface area contributed by atoms with E-state index in [0.29, 0.717) is 5.82 Å². The van der Waals surface area contributed by atoms with E-state index in [4.69, 9.17) is 4.52 Å². The number of allylic oxidation sites excluding steroid dienone is 1. The third kappa shape index (κ3) is 4.49. The monoisotopic (exact) mass is 477 g/mol. The van der Waals surface area contributed by atoms with Crippen molar-refractivity contribution in [2.45, 2.75) is 32.7 Å². The van der Waals surface area contributed by atoms with Crippen LogP contribution in [0.5, 0.6) is 0 Å². The van der Waals surface area contributed by atoms with E-state index in [-0.39, 0.29) is 6.54 Å². The average molecular weight is 477 g/mol. The standard InChI is InChI=1S/C26H22F3N5O/c1-17-18(2)35-32-24(17)34-13-6-12-30-25(34)20-9-10-22(19-7-4-3-5-8-19)21(15-20)16-33-14-11-23(31-33)26(27,28)29/h3-15,25H,16H2,1-2H3. The van der Waals surface area contributed by atoms with Gasteiger partial charge < -0.3 is 9.42 Å². The van der Waals surface area contributed by atoms with Crippen LogP contribution in [0.25, 0.3) is 11.1 Å². The molecule has 0 saturated carbocycles. The summed E-state index contributed by atoms with van der Waals surface area (Å²) >= 11 is 0. The van der Waals surface area contributed by atoms with E-state index in [1.165, 1.54) is 10.9 Å². The first-order chi connectivity index (χ1) is 16.8. The molecule has 35 heavy (non-hydrogen) atoms. The van der Waals surface area contributed by atoms with E-state index >= 15 is 0 Å². The number of aryl methyl sites for hydroxylation is 1. The van der Waals surface area contributed by atoms with Gasteiger partial charge in [-0.25, -0.2) is 0 Å². The van der Waals surface area contributed by atoms with Crippen LogP contribution in [0.3, 0.4) is 0 Å². The van der Waals surface area contributed by atoms with Crippen LogP contribution in [0.4, 0.5) is 19.0 Å². The highest BCUT2D eigenvalue weighted by molar-refractivity contribution is 5.75. The maximum atomic E-state index is 13.1. The smallest absolute Gasteiger partial charge is 0.359 e. The fourth-order valence-corrected chi connectivity index (χ4v) is 4.08. The number of aliphatic imine (C=N–C) groups is 1. The molecule has 0 saturated heterocycles. The van der Waals surface area contributed by atoms with E-state index in [0.717, 1.165) is 39.6 Å². The zero-order valence-electron chi connectivity index (χ0n) is 19.1. The van der Waals surface area contributed by atoms with E-state index in [9.17, 15) is 13.2 Å². The lowest BCUT2D eigenvalue weighted by Crippen LogP contribution is -2.25. The van der Waals surface area contributed by atoms with Crippen LogP contribution < -0.4 is 4.90 Å². The summed E-state index contributed by atoms with van der Waals surface area (Å²) in [5, 5.41) is 7.95. The second-order valence-electron chi connectivity index (χ2n) is 8.29. The molecule has 0 radical (unpaired) electrons. The predicted octanol–water partition coefficient (Wildman–Crippen LogP) is 6.33. The minimum Gasteiger partial charge on any atom is -0.359 e. The summed E-state index contributed by atoms with van der Waals surface area (Å²) in [6, 6.07) is 16.6. The van der Waals surface area contributed by atoms with Crippen LogP contribution in [0.15, 0.2) is 82.6 Å². The molecule has 0 spiro atoms.